The average molecular weight is 305 g/mol. The summed E-state index contributed by atoms with van der Waals surface area (Å²) in [6, 6.07) is 1.65. The second-order valence-corrected chi connectivity index (χ2v) is 4.90. The number of hydrogen-bond acceptors (Lipinski definition) is 3. The third-order valence-electron chi connectivity index (χ3n) is 2.73. The highest BCUT2D eigenvalue weighted by atomic mass is 35.5. The fraction of sp³-hybridized carbons (Fsp3) is 0.538. The van der Waals surface area contributed by atoms with Crippen molar-refractivity contribution in [3.05, 3.63) is 21.9 Å². The van der Waals surface area contributed by atoms with Gasteiger partial charge in [-0.3, -0.25) is 4.79 Å². The SMILES string of the molecule is CCN(CC)C(=O)C(C)Oc1c(Cl)cc(C)nc1Cl. The van der Waals surface area contributed by atoms with Crippen LogP contribution in [0.2, 0.25) is 10.2 Å². The Morgan fingerprint density at radius 3 is 2.47 bits per heavy atom. The molecule has 1 heterocycles. The molecule has 0 N–H and O–H groups in total. The Morgan fingerprint density at radius 2 is 2.00 bits per heavy atom. The Balaban J connectivity index is 2.88. The molecule has 0 saturated carbocycles. The van der Waals surface area contributed by atoms with Gasteiger partial charge in [0, 0.05) is 18.8 Å². The molecule has 0 saturated heterocycles. The van der Waals surface area contributed by atoms with Crippen molar-refractivity contribution in [1.29, 1.82) is 0 Å². The quantitative estimate of drug-likeness (QED) is 0.784. The largest absolute Gasteiger partial charge is 0.476 e. The number of ether oxygens (including phenoxy) is 1. The number of amides is 1. The van der Waals surface area contributed by atoms with E-state index >= 15 is 0 Å². The highest BCUT2D eigenvalue weighted by molar-refractivity contribution is 6.36. The average Bonchev–Trinajstić information content (AvgIpc) is 2.34. The molecule has 0 fully saturated rings. The van der Waals surface area contributed by atoms with Gasteiger partial charge in [0.15, 0.2) is 17.0 Å². The molecule has 1 amide bonds. The molecular formula is C13H18Cl2N2O2. The normalized spacial score (nSPS) is 12.1. The first kappa shape index (κ1) is 16.1. The summed E-state index contributed by atoms with van der Waals surface area (Å²) >= 11 is 12.0. The van der Waals surface area contributed by atoms with E-state index in [9.17, 15) is 4.79 Å². The number of halogens is 2. The van der Waals surface area contributed by atoms with Crippen LogP contribution >= 0.6 is 23.2 Å². The molecule has 0 aliphatic carbocycles. The maximum absolute atomic E-state index is 12.1. The van der Waals surface area contributed by atoms with Gasteiger partial charge < -0.3 is 9.64 Å². The van der Waals surface area contributed by atoms with E-state index in [0.29, 0.717) is 23.8 Å². The summed E-state index contributed by atoms with van der Waals surface area (Å²) in [6.07, 6.45) is -0.653. The van der Waals surface area contributed by atoms with Crippen LogP contribution in [0.25, 0.3) is 0 Å². The third-order valence-corrected chi connectivity index (χ3v) is 3.27. The molecule has 0 aromatic carbocycles. The van der Waals surface area contributed by atoms with Gasteiger partial charge in [0.05, 0.1) is 5.02 Å². The summed E-state index contributed by atoms with van der Waals surface area (Å²) in [5.74, 6) is 0.152. The van der Waals surface area contributed by atoms with Crippen molar-refractivity contribution in [3.63, 3.8) is 0 Å². The van der Waals surface area contributed by atoms with Gasteiger partial charge in [0.2, 0.25) is 0 Å². The molecule has 19 heavy (non-hydrogen) atoms. The van der Waals surface area contributed by atoms with Gasteiger partial charge in [0.25, 0.3) is 5.91 Å². The maximum Gasteiger partial charge on any atom is 0.263 e. The van der Waals surface area contributed by atoms with Crippen molar-refractivity contribution in [2.75, 3.05) is 13.1 Å². The first-order chi connectivity index (χ1) is 8.90. The van der Waals surface area contributed by atoms with Crippen molar-refractivity contribution < 1.29 is 9.53 Å². The van der Waals surface area contributed by atoms with Crippen LogP contribution in [0.5, 0.6) is 5.75 Å². The summed E-state index contributed by atoms with van der Waals surface area (Å²) in [4.78, 5) is 17.8. The van der Waals surface area contributed by atoms with E-state index in [4.69, 9.17) is 27.9 Å². The van der Waals surface area contributed by atoms with Crippen molar-refractivity contribution in [2.45, 2.75) is 33.8 Å². The van der Waals surface area contributed by atoms with Crippen LogP contribution in [-0.2, 0) is 4.79 Å². The summed E-state index contributed by atoms with van der Waals surface area (Å²) < 4.78 is 5.56. The number of rotatable bonds is 5. The molecule has 1 aromatic rings. The summed E-state index contributed by atoms with van der Waals surface area (Å²) in [6.45, 7) is 8.56. The second-order valence-electron chi connectivity index (χ2n) is 4.14. The lowest BCUT2D eigenvalue weighted by molar-refractivity contribution is -0.137. The lowest BCUT2D eigenvalue weighted by Gasteiger charge is -2.23. The Hall–Kier alpha value is -1.00. The highest BCUT2D eigenvalue weighted by Gasteiger charge is 2.22. The van der Waals surface area contributed by atoms with Crippen molar-refractivity contribution in [2.24, 2.45) is 0 Å². The first-order valence-electron chi connectivity index (χ1n) is 6.18. The Labute approximate surface area is 123 Å². The third kappa shape index (κ3) is 3.98. The van der Waals surface area contributed by atoms with Gasteiger partial charge in [-0.25, -0.2) is 4.98 Å². The van der Waals surface area contributed by atoms with Gasteiger partial charge in [-0.2, -0.15) is 0 Å². The minimum Gasteiger partial charge on any atom is -0.476 e. The Morgan fingerprint density at radius 1 is 1.42 bits per heavy atom. The number of carbonyl (C=O) groups is 1. The molecule has 0 aliphatic heterocycles. The van der Waals surface area contributed by atoms with Gasteiger partial charge in [-0.15, -0.1) is 0 Å². The fourth-order valence-corrected chi connectivity index (χ4v) is 2.33. The van der Waals surface area contributed by atoms with Crippen LogP contribution in [0, 0.1) is 6.92 Å². The molecule has 6 heteroatoms. The summed E-state index contributed by atoms with van der Waals surface area (Å²) in [5, 5.41) is 0.529. The van der Waals surface area contributed by atoms with Gasteiger partial charge in [-0.1, -0.05) is 23.2 Å². The van der Waals surface area contributed by atoms with E-state index in [1.165, 1.54) is 0 Å². The molecule has 4 nitrogen and oxygen atoms in total. The molecule has 106 valence electrons. The smallest absolute Gasteiger partial charge is 0.263 e. The number of aryl methyl sites for hydroxylation is 1. The lowest BCUT2D eigenvalue weighted by atomic mass is 10.3. The number of hydrogen-bond donors (Lipinski definition) is 0. The maximum atomic E-state index is 12.1. The van der Waals surface area contributed by atoms with Crippen molar-refractivity contribution in [1.82, 2.24) is 9.88 Å². The molecule has 0 radical (unpaired) electrons. The molecule has 1 atom stereocenters. The number of likely N-dealkylation sites (N-methyl/N-ethyl adjacent to an activating group) is 1. The Kier molecular flexibility index (Phi) is 5.88. The fourth-order valence-electron chi connectivity index (χ4n) is 1.71. The molecule has 0 spiro atoms. The van der Waals surface area contributed by atoms with Crippen LogP contribution in [-0.4, -0.2) is 35.0 Å². The predicted molar refractivity (Wildman–Crippen MR) is 77.0 cm³/mol. The van der Waals surface area contributed by atoms with E-state index in [0.717, 1.165) is 0 Å². The predicted octanol–water partition coefficient (Wildman–Crippen LogP) is 3.33. The Bertz CT molecular complexity index is 439. The standard InChI is InChI=1S/C13H18Cl2N2O2/c1-5-17(6-2)13(18)9(4)19-11-10(14)7-8(3)16-12(11)15/h7,9H,5-6H2,1-4H3. The minimum atomic E-state index is -0.653. The minimum absolute atomic E-state index is 0.0993. The van der Waals surface area contributed by atoms with E-state index in [-0.39, 0.29) is 16.8 Å². The zero-order valence-electron chi connectivity index (χ0n) is 11.5. The number of pyridine rings is 1. The van der Waals surface area contributed by atoms with E-state index in [1.807, 2.05) is 13.8 Å². The van der Waals surface area contributed by atoms with Gasteiger partial charge >= 0.3 is 0 Å². The van der Waals surface area contributed by atoms with Crippen LogP contribution in [0.4, 0.5) is 0 Å². The summed E-state index contributed by atoms with van der Waals surface area (Å²) in [5.41, 5.74) is 0.699. The van der Waals surface area contributed by atoms with Gasteiger partial charge in [-0.05, 0) is 33.8 Å². The van der Waals surface area contributed by atoms with Crippen LogP contribution in [0.15, 0.2) is 6.07 Å². The van der Waals surface area contributed by atoms with Crippen LogP contribution in [0.3, 0.4) is 0 Å². The second kappa shape index (κ2) is 6.96. The highest BCUT2D eigenvalue weighted by Crippen LogP contribution is 2.32. The van der Waals surface area contributed by atoms with Crippen molar-refractivity contribution in [3.8, 4) is 5.75 Å². The van der Waals surface area contributed by atoms with E-state index < -0.39 is 6.10 Å². The molecule has 1 aromatic heterocycles. The summed E-state index contributed by atoms with van der Waals surface area (Å²) in [7, 11) is 0. The molecule has 1 rings (SSSR count). The van der Waals surface area contributed by atoms with Crippen LogP contribution in [0.1, 0.15) is 26.5 Å². The topological polar surface area (TPSA) is 42.4 Å². The lowest BCUT2D eigenvalue weighted by Crippen LogP contribution is -2.40. The number of nitrogens with zero attached hydrogens (tertiary/aromatic N) is 2. The van der Waals surface area contributed by atoms with Crippen molar-refractivity contribution >= 4 is 29.1 Å². The number of aromatic nitrogens is 1. The number of carbonyl (C=O) groups excluding carboxylic acids is 1. The molecule has 0 aliphatic rings. The zero-order chi connectivity index (χ0) is 14.6. The van der Waals surface area contributed by atoms with Crippen LogP contribution < -0.4 is 4.74 Å². The van der Waals surface area contributed by atoms with Gasteiger partial charge in [0.1, 0.15) is 0 Å². The molecule has 0 bridgehead atoms. The zero-order valence-corrected chi connectivity index (χ0v) is 13.0. The monoisotopic (exact) mass is 304 g/mol. The van der Waals surface area contributed by atoms with E-state index in [2.05, 4.69) is 4.98 Å². The van der Waals surface area contributed by atoms with E-state index in [1.54, 1.807) is 24.8 Å². The molecule has 1 unspecified atom stereocenters. The first-order valence-corrected chi connectivity index (χ1v) is 6.94. The molecular weight excluding hydrogens is 287 g/mol.